The number of piperazine rings is 1. The quantitative estimate of drug-likeness (QED) is 0.575. The molecule has 1 atom stereocenters. The second kappa shape index (κ2) is 7.31. The molecule has 0 radical (unpaired) electrons. The summed E-state index contributed by atoms with van der Waals surface area (Å²) in [5.74, 6) is -0.489. The molecule has 1 aliphatic rings. The van der Waals surface area contributed by atoms with Crippen molar-refractivity contribution in [2.45, 2.75) is 19.1 Å². The van der Waals surface area contributed by atoms with Crippen LogP contribution in [0.1, 0.15) is 28.6 Å². The minimum absolute atomic E-state index is 0.0222. The Hall–Kier alpha value is -2.81. The van der Waals surface area contributed by atoms with Crippen LogP contribution in [-0.2, 0) is 6.18 Å². The van der Waals surface area contributed by atoms with Crippen LogP contribution >= 0.6 is 11.6 Å². The molecule has 148 valence electrons. The Morgan fingerprint density at radius 2 is 2.00 bits per heavy atom. The normalized spacial score (nSPS) is 17.8. The molecule has 0 bridgehead atoms. The molecule has 3 rings (SSSR count). The number of nitrogens with one attached hydrogen (secondary N) is 2. The molecule has 0 saturated carbocycles. The number of amidine groups is 2. The number of hydrogen-bond donors (Lipinski definition) is 2. The van der Waals surface area contributed by atoms with Crippen molar-refractivity contribution >= 4 is 29.2 Å². The zero-order valence-electron chi connectivity index (χ0n) is 14.7. The predicted molar refractivity (Wildman–Crippen MR) is 96.9 cm³/mol. The standard InChI is InChI=1S/C18H16ClF3N4O2/c1-10-8-26(16(24)13-6-3-7-28-13)14(23)9-25(10)17(27)11-4-2-5-12(15(11)19)18(20,21)22/h2-7,10,23-24H,8-9H2,1H3. The Morgan fingerprint density at radius 3 is 2.61 bits per heavy atom. The first-order chi connectivity index (χ1) is 13.1. The molecule has 1 aromatic heterocycles. The fourth-order valence-corrected chi connectivity index (χ4v) is 3.30. The number of hydrogen-bond acceptors (Lipinski definition) is 4. The highest BCUT2D eigenvalue weighted by Gasteiger charge is 2.38. The van der Waals surface area contributed by atoms with E-state index in [0.717, 1.165) is 12.1 Å². The molecule has 2 heterocycles. The zero-order chi connectivity index (χ0) is 20.6. The molecule has 28 heavy (non-hydrogen) atoms. The molecule has 1 aromatic carbocycles. The van der Waals surface area contributed by atoms with E-state index in [9.17, 15) is 18.0 Å². The third kappa shape index (κ3) is 3.62. The molecule has 2 aromatic rings. The van der Waals surface area contributed by atoms with Crippen LogP contribution in [0.15, 0.2) is 41.0 Å². The van der Waals surface area contributed by atoms with Gasteiger partial charge in [0.25, 0.3) is 5.91 Å². The largest absolute Gasteiger partial charge is 0.461 e. The first-order valence-electron chi connectivity index (χ1n) is 8.25. The summed E-state index contributed by atoms with van der Waals surface area (Å²) in [5, 5.41) is 15.7. The van der Waals surface area contributed by atoms with Crippen molar-refractivity contribution in [3.8, 4) is 0 Å². The summed E-state index contributed by atoms with van der Waals surface area (Å²) in [5.41, 5.74) is -1.35. The number of rotatable bonds is 2. The summed E-state index contributed by atoms with van der Waals surface area (Å²) in [6.07, 6.45) is -3.27. The summed E-state index contributed by atoms with van der Waals surface area (Å²) < 4.78 is 44.4. The molecule has 1 aliphatic heterocycles. The summed E-state index contributed by atoms with van der Waals surface area (Å²) in [7, 11) is 0. The first-order valence-corrected chi connectivity index (χ1v) is 8.63. The van der Waals surface area contributed by atoms with E-state index in [2.05, 4.69) is 0 Å². The Labute approximate surface area is 163 Å². The smallest absolute Gasteiger partial charge is 0.417 e. The number of benzene rings is 1. The molecule has 0 aliphatic carbocycles. The van der Waals surface area contributed by atoms with Crippen LogP contribution in [0.25, 0.3) is 0 Å². The Bertz CT molecular complexity index is 927. The van der Waals surface area contributed by atoms with Gasteiger partial charge in [-0.05, 0) is 31.2 Å². The maximum Gasteiger partial charge on any atom is 0.417 e. The zero-order valence-corrected chi connectivity index (χ0v) is 15.4. The molecule has 1 amide bonds. The van der Waals surface area contributed by atoms with Crippen LogP contribution in [-0.4, -0.2) is 46.5 Å². The van der Waals surface area contributed by atoms with Gasteiger partial charge in [0.15, 0.2) is 11.6 Å². The van der Waals surface area contributed by atoms with Crippen LogP contribution < -0.4 is 0 Å². The predicted octanol–water partition coefficient (Wildman–Crippen LogP) is 4.10. The van der Waals surface area contributed by atoms with E-state index in [-0.39, 0.29) is 36.1 Å². The maximum atomic E-state index is 13.1. The van der Waals surface area contributed by atoms with E-state index in [1.54, 1.807) is 19.1 Å². The van der Waals surface area contributed by atoms with Gasteiger partial charge in [-0.15, -0.1) is 0 Å². The van der Waals surface area contributed by atoms with Gasteiger partial charge in [0.1, 0.15) is 5.84 Å². The van der Waals surface area contributed by atoms with Gasteiger partial charge in [0.05, 0.1) is 29.0 Å². The Kier molecular flexibility index (Phi) is 5.20. The van der Waals surface area contributed by atoms with Gasteiger partial charge in [-0.25, -0.2) is 0 Å². The number of halogens is 4. The van der Waals surface area contributed by atoms with Crippen LogP contribution in [0.3, 0.4) is 0 Å². The van der Waals surface area contributed by atoms with Crippen LogP contribution in [0.4, 0.5) is 13.2 Å². The highest BCUT2D eigenvalue weighted by molar-refractivity contribution is 6.34. The average Bonchev–Trinajstić information content (AvgIpc) is 3.16. The highest BCUT2D eigenvalue weighted by Crippen LogP contribution is 2.36. The number of carbonyl (C=O) groups is 1. The number of alkyl halides is 3. The minimum atomic E-state index is -4.68. The molecule has 0 spiro atoms. The van der Waals surface area contributed by atoms with Crippen molar-refractivity contribution in [2.24, 2.45) is 0 Å². The molecule has 6 nitrogen and oxygen atoms in total. The van der Waals surface area contributed by atoms with E-state index in [4.69, 9.17) is 26.8 Å². The van der Waals surface area contributed by atoms with Gasteiger partial charge in [-0.3, -0.25) is 15.6 Å². The first kappa shape index (κ1) is 19.9. The molecular formula is C18H16ClF3N4O2. The van der Waals surface area contributed by atoms with Crippen LogP contribution in [0.5, 0.6) is 0 Å². The highest BCUT2D eigenvalue weighted by atomic mass is 35.5. The van der Waals surface area contributed by atoms with Crippen molar-refractivity contribution in [1.29, 1.82) is 10.8 Å². The Balaban J connectivity index is 1.84. The van der Waals surface area contributed by atoms with E-state index in [1.807, 2.05) is 0 Å². The van der Waals surface area contributed by atoms with E-state index >= 15 is 0 Å². The van der Waals surface area contributed by atoms with Crippen molar-refractivity contribution in [3.63, 3.8) is 0 Å². The van der Waals surface area contributed by atoms with Gasteiger partial charge in [0, 0.05) is 12.6 Å². The minimum Gasteiger partial charge on any atom is -0.461 e. The summed E-state index contributed by atoms with van der Waals surface area (Å²) in [6, 6.07) is 5.90. The lowest BCUT2D eigenvalue weighted by atomic mass is 10.1. The molecule has 10 heteroatoms. The molecule has 1 fully saturated rings. The van der Waals surface area contributed by atoms with E-state index in [0.29, 0.717) is 0 Å². The van der Waals surface area contributed by atoms with Crippen molar-refractivity contribution < 1.29 is 22.4 Å². The lowest BCUT2D eigenvalue weighted by Crippen LogP contribution is -2.58. The summed E-state index contributed by atoms with van der Waals surface area (Å²) >= 11 is 5.86. The van der Waals surface area contributed by atoms with E-state index < -0.39 is 28.7 Å². The van der Waals surface area contributed by atoms with E-state index in [1.165, 1.54) is 22.1 Å². The Morgan fingerprint density at radius 1 is 1.29 bits per heavy atom. The molecular weight excluding hydrogens is 397 g/mol. The van der Waals surface area contributed by atoms with Gasteiger partial charge in [0.2, 0.25) is 0 Å². The lowest BCUT2D eigenvalue weighted by molar-refractivity contribution is -0.137. The molecule has 1 unspecified atom stereocenters. The topological polar surface area (TPSA) is 84.4 Å². The number of nitrogens with zero attached hydrogens (tertiary/aromatic N) is 2. The van der Waals surface area contributed by atoms with Gasteiger partial charge in [-0.2, -0.15) is 13.2 Å². The second-order valence-corrected chi connectivity index (χ2v) is 6.71. The van der Waals surface area contributed by atoms with Crippen molar-refractivity contribution in [2.75, 3.05) is 13.1 Å². The van der Waals surface area contributed by atoms with Crippen LogP contribution in [0.2, 0.25) is 5.02 Å². The number of furan rings is 1. The molecule has 1 saturated heterocycles. The fourth-order valence-electron chi connectivity index (χ4n) is 2.99. The van der Waals surface area contributed by atoms with Crippen molar-refractivity contribution in [3.05, 3.63) is 58.5 Å². The third-order valence-electron chi connectivity index (χ3n) is 4.44. The summed E-state index contributed by atoms with van der Waals surface area (Å²) in [6.45, 7) is 1.64. The lowest BCUT2D eigenvalue weighted by Gasteiger charge is -2.40. The van der Waals surface area contributed by atoms with Crippen LogP contribution in [0, 0.1) is 10.8 Å². The van der Waals surface area contributed by atoms with Gasteiger partial charge < -0.3 is 14.2 Å². The number of carbonyl (C=O) groups excluding carboxylic acids is 1. The maximum absolute atomic E-state index is 13.1. The second-order valence-electron chi connectivity index (χ2n) is 6.33. The SMILES string of the molecule is CC1CN(C(=N)c2ccco2)C(=N)CN1C(=O)c1cccc(C(F)(F)F)c1Cl. The fraction of sp³-hybridized carbons (Fsp3) is 0.278. The number of amides is 1. The van der Waals surface area contributed by atoms with Gasteiger partial charge in [-0.1, -0.05) is 17.7 Å². The monoisotopic (exact) mass is 412 g/mol. The van der Waals surface area contributed by atoms with Crippen molar-refractivity contribution in [1.82, 2.24) is 9.80 Å². The molecule has 2 N–H and O–H groups in total. The summed E-state index contributed by atoms with van der Waals surface area (Å²) in [4.78, 5) is 15.5. The third-order valence-corrected chi connectivity index (χ3v) is 4.85. The van der Waals surface area contributed by atoms with Gasteiger partial charge >= 0.3 is 6.18 Å². The average molecular weight is 413 g/mol.